The number of nitrogens with two attached hydrogens (primary N) is 1. The van der Waals surface area contributed by atoms with Gasteiger partial charge in [0.05, 0.1) is 6.61 Å². The second kappa shape index (κ2) is 6.91. The van der Waals surface area contributed by atoms with Crippen molar-refractivity contribution in [3.63, 3.8) is 0 Å². The maximum atomic E-state index is 11.8. The van der Waals surface area contributed by atoms with E-state index in [4.69, 9.17) is 10.5 Å². The van der Waals surface area contributed by atoms with Crippen molar-refractivity contribution in [2.75, 3.05) is 6.61 Å². The first-order valence-corrected chi connectivity index (χ1v) is 8.17. The lowest BCUT2D eigenvalue weighted by Crippen LogP contribution is -2.34. The quantitative estimate of drug-likeness (QED) is 0.834. The molecule has 4 heteroatoms. The third-order valence-electron chi connectivity index (χ3n) is 3.89. The van der Waals surface area contributed by atoms with Gasteiger partial charge in [0.25, 0.3) is 0 Å². The minimum atomic E-state index is -0.774. The Labute approximate surface area is 140 Å². The highest BCUT2D eigenvalue weighted by Crippen LogP contribution is 2.38. The number of rotatable bonds is 4. The second-order valence-electron chi connectivity index (χ2n) is 8.09. The van der Waals surface area contributed by atoms with Gasteiger partial charge in [-0.2, -0.15) is 0 Å². The Morgan fingerprint density at radius 1 is 1.17 bits per heavy atom. The van der Waals surface area contributed by atoms with Gasteiger partial charge in [-0.15, -0.1) is 0 Å². The molecular weight excluding hydrogens is 290 g/mol. The van der Waals surface area contributed by atoms with Crippen LogP contribution >= 0.6 is 0 Å². The van der Waals surface area contributed by atoms with Gasteiger partial charge in [-0.3, -0.25) is 4.79 Å². The summed E-state index contributed by atoms with van der Waals surface area (Å²) < 4.78 is 4.97. The number of hydrogen-bond acceptors (Lipinski definition) is 4. The fraction of sp³-hybridized carbons (Fsp3) is 0.632. The van der Waals surface area contributed by atoms with Crippen LogP contribution in [0.2, 0.25) is 0 Å². The Morgan fingerprint density at radius 3 is 2.17 bits per heavy atom. The van der Waals surface area contributed by atoms with E-state index in [0.717, 1.165) is 11.1 Å². The summed E-state index contributed by atoms with van der Waals surface area (Å²) in [6, 6.07) is 3.22. The normalized spacial score (nSPS) is 13.7. The number of esters is 1. The number of carbonyl (C=O) groups excluding carboxylic acids is 1. The number of hydrogen-bond donors (Lipinski definition) is 2. The molecule has 4 nitrogen and oxygen atoms in total. The Hall–Kier alpha value is -1.55. The Balaban J connectivity index is 3.33. The summed E-state index contributed by atoms with van der Waals surface area (Å²) in [6.45, 7) is 14.6. The molecule has 23 heavy (non-hydrogen) atoms. The van der Waals surface area contributed by atoms with Crippen LogP contribution in [0.1, 0.15) is 65.2 Å². The molecule has 1 unspecified atom stereocenters. The lowest BCUT2D eigenvalue weighted by Gasteiger charge is -2.28. The van der Waals surface area contributed by atoms with Crippen LogP contribution in [0.5, 0.6) is 5.75 Å². The van der Waals surface area contributed by atoms with E-state index in [1.54, 1.807) is 6.92 Å². The largest absolute Gasteiger partial charge is 0.507 e. The van der Waals surface area contributed by atoms with Crippen molar-refractivity contribution in [2.24, 2.45) is 5.73 Å². The predicted octanol–water partition coefficient (Wildman–Crippen LogP) is 3.42. The Kier molecular flexibility index (Phi) is 5.86. The third kappa shape index (κ3) is 4.96. The molecule has 1 atom stereocenters. The third-order valence-corrected chi connectivity index (χ3v) is 3.89. The topological polar surface area (TPSA) is 72.5 Å². The average molecular weight is 321 g/mol. The first-order valence-electron chi connectivity index (χ1n) is 8.17. The molecule has 3 N–H and O–H groups in total. The van der Waals surface area contributed by atoms with Crippen LogP contribution in [-0.2, 0) is 26.8 Å². The van der Waals surface area contributed by atoms with Crippen LogP contribution in [0.4, 0.5) is 0 Å². The maximum Gasteiger partial charge on any atom is 0.323 e. The molecule has 1 rings (SSSR count). The average Bonchev–Trinajstić information content (AvgIpc) is 2.38. The highest BCUT2D eigenvalue weighted by molar-refractivity contribution is 5.76. The number of phenols is 1. The van der Waals surface area contributed by atoms with E-state index in [0.29, 0.717) is 12.2 Å². The van der Waals surface area contributed by atoms with Gasteiger partial charge in [-0.1, -0.05) is 53.7 Å². The summed E-state index contributed by atoms with van der Waals surface area (Å²) in [7, 11) is 0. The van der Waals surface area contributed by atoms with E-state index in [1.165, 1.54) is 0 Å². The zero-order valence-corrected chi connectivity index (χ0v) is 15.5. The molecule has 0 aliphatic heterocycles. The molecule has 0 aromatic heterocycles. The summed E-state index contributed by atoms with van der Waals surface area (Å²) in [5, 5.41) is 10.7. The molecule has 0 saturated heterocycles. The first-order chi connectivity index (χ1) is 10.4. The lowest BCUT2D eigenvalue weighted by molar-refractivity contribution is -0.144. The highest BCUT2D eigenvalue weighted by Gasteiger charge is 2.26. The molecule has 0 saturated carbocycles. The van der Waals surface area contributed by atoms with Crippen LogP contribution in [0, 0.1) is 0 Å². The molecule has 0 heterocycles. The van der Waals surface area contributed by atoms with E-state index in [2.05, 4.69) is 47.6 Å². The van der Waals surface area contributed by atoms with E-state index < -0.39 is 12.0 Å². The van der Waals surface area contributed by atoms with Crippen molar-refractivity contribution < 1.29 is 14.6 Å². The predicted molar refractivity (Wildman–Crippen MR) is 93.8 cm³/mol. The van der Waals surface area contributed by atoms with Gasteiger partial charge >= 0.3 is 5.97 Å². The summed E-state index contributed by atoms with van der Waals surface area (Å²) in [4.78, 5) is 11.8. The zero-order chi connectivity index (χ0) is 18.0. The molecular formula is C19H31NO3. The fourth-order valence-electron chi connectivity index (χ4n) is 2.42. The molecule has 1 aromatic rings. The summed E-state index contributed by atoms with van der Waals surface area (Å²) in [5.41, 5.74) is 8.36. The van der Waals surface area contributed by atoms with Gasteiger partial charge in [0.2, 0.25) is 0 Å². The molecule has 1 aromatic carbocycles. The van der Waals surface area contributed by atoms with E-state index >= 15 is 0 Å². The smallest absolute Gasteiger partial charge is 0.323 e. The van der Waals surface area contributed by atoms with E-state index in [-0.39, 0.29) is 23.0 Å². The molecule has 0 aliphatic carbocycles. The van der Waals surface area contributed by atoms with Gasteiger partial charge in [0.15, 0.2) is 0 Å². The summed E-state index contributed by atoms with van der Waals surface area (Å²) in [5.74, 6) is -0.212. The number of aromatic hydroxyl groups is 1. The van der Waals surface area contributed by atoms with Crippen LogP contribution < -0.4 is 5.73 Å². The minimum Gasteiger partial charge on any atom is -0.507 e. The highest BCUT2D eigenvalue weighted by atomic mass is 16.5. The van der Waals surface area contributed by atoms with Crippen molar-refractivity contribution in [2.45, 2.75) is 71.8 Å². The zero-order valence-electron chi connectivity index (χ0n) is 15.5. The fourth-order valence-corrected chi connectivity index (χ4v) is 2.42. The summed E-state index contributed by atoms with van der Waals surface area (Å²) >= 11 is 0. The monoisotopic (exact) mass is 321 g/mol. The number of carbonyl (C=O) groups is 1. The molecule has 0 amide bonds. The van der Waals surface area contributed by atoms with E-state index in [1.807, 2.05) is 6.07 Å². The van der Waals surface area contributed by atoms with Crippen LogP contribution in [0.25, 0.3) is 0 Å². The minimum absolute atomic E-state index is 0.0591. The molecule has 0 fully saturated rings. The van der Waals surface area contributed by atoms with Crippen LogP contribution in [-0.4, -0.2) is 23.7 Å². The van der Waals surface area contributed by atoms with Gasteiger partial charge in [-0.25, -0.2) is 0 Å². The first kappa shape index (κ1) is 19.5. The summed E-state index contributed by atoms with van der Waals surface area (Å²) in [6.07, 6.45) is 0.262. The van der Waals surface area contributed by atoms with E-state index in [9.17, 15) is 9.90 Å². The number of phenolic OH excluding ortho intramolecular Hbond substituents is 1. The second-order valence-corrected chi connectivity index (χ2v) is 8.09. The Morgan fingerprint density at radius 2 is 1.74 bits per heavy atom. The van der Waals surface area contributed by atoms with Gasteiger partial charge in [-0.05, 0) is 34.4 Å². The SMILES string of the molecule is CCOC(=O)C(N)Cc1cc(C(C)(C)C)cc(C(C)(C)C)c1O. The van der Waals surface area contributed by atoms with Crippen molar-refractivity contribution in [1.82, 2.24) is 0 Å². The number of ether oxygens (including phenoxy) is 1. The maximum absolute atomic E-state index is 11.8. The van der Waals surface area contributed by atoms with Crippen LogP contribution in [0.15, 0.2) is 12.1 Å². The molecule has 130 valence electrons. The molecule has 0 aliphatic rings. The van der Waals surface area contributed by atoms with Crippen molar-refractivity contribution in [3.8, 4) is 5.75 Å². The van der Waals surface area contributed by atoms with Crippen molar-refractivity contribution >= 4 is 5.97 Å². The number of benzene rings is 1. The van der Waals surface area contributed by atoms with Gasteiger partial charge in [0.1, 0.15) is 11.8 Å². The molecule has 0 radical (unpaired) electrons. The molecule has 0 spiro atoms. The lowest BCUT2D eigenvalue weighted by atomic mass is 9.78. The van der Waals surface area contributed by atoms with Gasteiger partial charge < -0.3 is 15.6 Å². The van der Waals surface area contributed by atoms with Crippen molar-refractivity contribution in [1.29, 1.82) is 0 Å². The Bertz CT molecular complexity index is 565. The standard InChI is InChI=1S/C19H31NO3/c1-8-23-17(22)15(20)10-12-9-13(18(2,3)4)11-14(16(12)21)19(5,6)7/h9,11,15,21H,8,10,20H2,1-7H3. The van der Waals surface area contributed by atoms with Gasteiger partial charge in [0, 0.05) is 6.42 Å². The van der Waals surface area contributed by atoms with Crippen molar-refractivity contribution in [3.05, 3.63) is 28.8 Å². The van der Waals surface area contributed by atoms with Crippen LogP contribution in [0.3, 0.4) is 0 Å². The molecule has 0 bridgehead atoms.